The molecule has 1 heterocycles. The maximum absolute atomic E-state index is 14.4. The van der Waals surface area contributed by atoms with E-state index < -0.39 is 23.0 Å². The van der Waals surface area contributed by atoms with E-state index in [1.54, 1.807) is 18.3 Å². The number of alkyl halides is 3. The van der Waals surface area contributed by atoms with Crippen molar-refractivity contribution in [3.8, 4) is 22.4 Å². The molecular weight excluding hydrogens is 390 g/mol. The molecule has 1 atom stereocenters. The third kappa shape index (κ3) is 1.99. The first kappa shape index (κ1) is 17.4. The van der Waals surface area contributed by atoms with Crippen LogP contribution in [-0.2, 0) is 11.6 Å². The molecule has 5 heteroatoms. The van der Waals surface area contributed by atoms with E-state index in [9.17, 15) is 17.6 Å². The number of benzene rings is 3. The fraction of sp³-hybridized carbons (Fsp3) is 0.0800. The minimum atomic E-state index is -4.48. The lowest BCUT2D eigenvalue weighted by atomic mass is 9.70. The van der Waals surface area contributed by atoms with Gasteiger partial charge in [-0.2, -0.15) is 13.2 Å². The van der Waals surface area contributed by atoms with Crippen molar-refractivity contribution in [2.24, 2.45) is 0 Å². The largest absolute Gasteiger partial charge is 0.416 e. The molecule has 4 aromatic rings. The molecule has 6 rings (SSSR count). The van der Waals surface area contributed by atoms with Gasteiger partial charge in [0, 0.05) is 11.8 Å². The lowest BCUT2D eigenvalue weighted by Gasteiger charge is -2.30. The Labute approximate surface area is 169 Å². The molecule has 30 heavy (non-hydrogen) atoms. The summed E-state index contributed by atoms with van der Waals surface area (Å²) in [6.45, 7) is 0. The van der Waals surface area contributed by atoms with Gasteiger partial charge < -0.3 is 0 Å². The van der Waals surface area contributed by atoms with Crippen molar-refractivity contribution >= 4 is 0 Å². The lowest BCUT2D eigenvalue weighted by molar-refractivity contribution is -0.137. The number of halogens is 4. The van der Waals surface area contributed by atoms with Gasteiger partial charge in [-0.05, 0) is 63.7 Å². The van der Waals surface area contributed by atoms with Crippen LogP contribution < -0.4 is 0 Å². The van der Waals surface area contributed by atoms with Crippen LogP contribution in [0.2, 0.25) is 0 Å². The first-order valence-corrected chi connectivity index (χ1v) is 9.50. The van der Waals surface area contributed by atoms with Crippen LogP contribution in [0.15, 0.2) is 79.0 Å². The SMILES string of the molecule is Fc1ccc2c(c1)C1(c3cc(C(F)(F)F)ccc3-2)c2ccccc2-c2ncccc21. The second kappa shape index (κ2) is 5.57. The summed E-state index contributed by atoms with van der Waals surface area (Å²) in [7, 11) is 0. The normalized spacial score (nSPS) is 18.1. The minimum absolute atomic E-state index is 0.424. The van der Waals surface area contributed by atoms with Crippen molar-refractivity contribution < 1.29 is 17.6 Å². The van der Waals surface area contributed by atoms with E-state index >= 15 is 0 Å². The smallest absolute Gasteiger partial charge is 0.256 e. The highest BCUT2D eigenvalue weighted by atomic mass is 19.4. The molecular formula is C25H13F4N. The summed E-state index contributed by atoms with van der Waals surface area (Å²) in [6, 6.07) is 19.5. The molecule has 1 unspecified atom stereocenters. The quantitative estimate of drug-likeness (QED) is 0.261. The molecule has 2 aliphatic carbocycles. The van der Waals surface area contributed by atoms with E-state index in [0.717, 1.165) is 28.3 Å². The Morgan fingerprint density at radius 2 is 1.37 bits per heavy atom. The first-order chi connectivity index (χ1) is 14.4. The second-order valence-corrected chi connectivity index (χ2v) is 7.64. The van der Waals surface area contributed by atoms with Crippen molar-refractivity contribution in [1.29, 1.82) is 0 Å². The van der Waals surface area contributed by atoms with E-state index in [1.807, 2.05) is 30.3 Å². The van der Waals surface area contributed by atoms with Crippen LogP contribution in [0, 0.1) is 5.82 Å². The summed E-state index contributed by atoms with van der Waals surface area (Å²) in [5.41, 5.74) is 4.00. The van der Waals surface area contributed by atoms with Gasteiger partial charge in [0.2, 0.25) is 0 Å². The van der Waals surface area contributed by atoms with Crippen LogP contribution >= 0.6 is 0 Å². The maximum atomic E-state index is 14.4. The Balaban J connectivity index is 1.83. The van der Waals surface area contributed by atoms with Crippen molar-refractivity contribution in [1.82, 2.24) is 4.98 Å². The Kier molecular flexibility index (Phi) is 3.23. The van der Waals surface area contributed by atoms with Crippen molar-refractivity contribution in [2.45, 2.75) is 11.6 Å². The van der Waals surface area contributed by atoms with E-state index in [1.165, 1.54) is 24.3 Å². The number of hydrogen-bond donors (Lipinski definition) is 0. The number of nitrogens with zero attached hydrogens (tertiary/aromatic N) is 1. The van der Waals surface area contributed by atoms with E-state index in [-0.39, 0.29) is 0 Å². The summed E-state index contributed by atoms with van der Waals surface area (Å²) in [5.74, 6) is -0.424. The van der Waals surface area contributed by atoms with E-state index in [2.05, 4.69) is 4.98 Å². The predicted molar refractivity (Wildman–Crippen MR) is 105 cm³/mol. The van der Waals surface area contributed by atoms with Crippen LogP contribution in [0.5, 0.6) is 0 Å². The maximum Gasteiger partial charge on any atom is 0.416 e. The topological polar surface area (TPSA) is 12.9 Å². The fourth-order valence-corrected chi connectivity index (χ4v) is 5.14. The zero-order valence-electron chi connectivity index (χ0n) is 15.5. The Bertz CT molecular complexity index is 1310. The Hall–Kier alpha value is -3.47. The fourth-order valence-electron chi connectivity index (χ4n) is 5.14. The monoisotopic (exact) mass is 403 g/mol. The minimum Gasteiger partial charge on any atom is -0.256 e. The molecule has 1 aromatic heterocycles. The van der Waals surface area contributed by atoms with Crippen molar-refractivity contribution in [2.75, 3.05) is 0 Å². The number of fused-ring (bicyclic) bond motifs is 10. The molecule has 0 aliphatic heterocycles. The standard InChI is InChI=1S/C25H13F4N/c26-15-8-10-17-16-9-7-14(25(27,28)29)12-21(16)24(22(17)13-15)19-5-2-1-4-18(19)23-20(24)6-3-11-30-23/h1-13H. The van der Waals surface area contributed by atoms with Gasteiger partial charge in [0.25, 0.3) is 0 Å². The van der Waals surface area contributed by atoms with Gasteiger partial charge in [0.1, 0.15) is 5.82 Å². The molecule has 0 saturated carbocycles. The number of hydrogen-bond acceptors (Lipinski definition) is 1. The summed E-state index contributed by atoms with van der Waals surface area (Å²) in [5, 5.41) is 0. The summed E-state index contributed by atoms with van der Waals surface area (Å²) >= 11 is 0. The highest BCUT2D eigenvalue weighted by molar-refractivity contribution is 5.93. The van der Waals surface area contributed by atoms with Crippen LogP contribution in [0.25, 0.3) is 22.4 Å². The summed E-state index contributed by atoms with van der Waals surface area (Å²) in [6.07, 6.45) is -2.81. The summed E-state index contributed by atoms with van der Waals surface area (Å²) in [4.78, 5) is 4.54. The average molecular weight is 403 g/mol. The van der Waals surface area contributed by atoms with Crippen LogP contribution in [0.3, 0.4) is 0 Å². The third-order valence-corrected chi connectivity index (χ3v) is 6.22. The highest BCUT2D eigenvalue weighted by Crippen LogP contribution is 2.62. The van der Waals surface area contributed by atoms with Crippen LogP contribution in [0.4, 0.5) is 17.6 Å². The predicted octanol–water partition coefficient (Wildman–Crippen LogP) is 6.58. The van der Waals surface area contributed by atoms with E-state index in [0.29, 0.717) is 22.4 Å². The number of aromatic nitrogens is 1. The summed E-state index contributed by atoms with van der Waals surface area (Å²) < 4.78 is 55.4. The first-order valence-electron chi connectivity index (χ1n) is 9.50. The average Bonchev–Trinajstić information content (AvgIpc) is 3.19. The molecule has 1 spiro atoms. The lowest BCUT2D eigenvalue weighted by Crippen LogP contribution is -2.26. The van der Waals surface area contributed by atoms with Gasteiger partial charge in [0.05, 0.1) is 16.7 Å². The molecule has 0 radical (unpaired) electrons. The molecule has 0 amide bonds. The van der Waals surface area contributed by atoms with Gasteiger partial charge in [-0.3, -0.25) is 4.98 Å². The molecule has 146 valence electrons. The Morgan fingerprint density at radius 3 is 2.17 bits per heavy atom. The molecule has 3 aromatic carbocycles. The zero-order chi connectivity index (χ0) is 20.7. The van der Waals surface area contributed by atoms with Crippen LogP contribution in [-0.4, -0.2) is 4.98 Å². The van der Waals surface area contributed by atoms with Gasteiger partial charge in [-0.1, -0.05) is 42.5 Å². The molecule has 2 aliphatic rings. The van der Waals surface area contributed by atoms with E-state index in [4.69, 9.17) is 0 Å². The Morgan fingerprint density at radius 1 is 0.667 bits per heavy atom. The number of rotatable bonds is 0. The van der Waals surface area contributed by atoms with Crippen molar-refractivity contribution in [3.05, 3.63) is 113 Å². The zero-order valence-corrected chi connectivity index (χ0v) is 15.5. The molecule has 0 bridgehead atoms. The third-order valence-electron chi connectivity index (χ3n) is 6.22. The van der Waals surface area contributed by atoms with Crippen molar-refractivity contribution in [3.63, 3.8) is 0 Å². The second-order valence-electron chi connectivity index (χ2n) is 7.64. The van der Waals surface area contributed by atoms with Gasteiger partial charge in [0.15, 0.2) is 0 Å². The molecule has 0 fully saturated rings. The van der Waals surface area contributed by atoms with Gasteiger partial charge >= 0.3 is 6.18 Å². The highest BCUT2D eigenvalue weighted by Gasteiger charge is 2.53. The van der Waals surface area contributed by atoms with Gasteiger partial charge in [-0.15, -0.1) is 0 Å². The molecule has 0 N–H and O–H groups in total. The molecule has 0 saturated heterocycles. The van der Waals surface area contributed by atoms with Gasteiger partial charge in [-0.25, -0.2) is 4.39 Å². The number of pyridine rings is 1. The molecule has 1 nitrogen and oxygen atoms in total. The van der Waals surface area contributed by atoms with Crippen LogP contribution in [0.1, 0.15) is 27.8 Å².